The van der Waals surface area contributed by atoms with Crippen LogP contribution in [0.1, 0.15) is 56.9 Å². The van der Waals surface area contributed by atoms with E-state index in [1.807, 2.05) is 36.4 Å². The van der Waals surface area contributed by atoms with Gasteiger partial charge in [-0.3, -0.25) is 4.79 Å². The molecule has 0 aromatic heterocycles. The topological polar surface area (TPSA) is 26.3 Å². The maximum absolute atomic E-state index is 11.6. The van der Waals surface area contributed by atoms with Gasteiger partial charge in [0.2, 0.25) is 0 Å². The van der Waals surface area contributed by atoms with E-state index < -0.39 is 0 Å². The summed E-state index contributed by atoms with van der Waals surface area (Å²) in [5.74, 6) is -0.0829. The van der Waals surface area contributed by atoms with Crippen molar-refractivity contribution in [2.75, 3.05) is 0 Å². The molecule has 0 heterocycles. The molecule has 0 atom stereocenters. The fourth-order valence-electron chi connectivity index (χ4n) is 2.08. The molecule has 0 saturated carbocycles. The summed E-state index contributed by atoms with van der Waals surface area (Å²) in [6, 6.07) is 9.80. The number of esters is 1. The molecular formula is C18H26O2. The SMILES string of the molecule is C=CCCCCCCCCC(=O)OCc1ccccc1. The zero-order valence-corrected chi connectivity index (χ0v) is 12.4. The molecule has 0 aliphatic heterocycles. The van der Waals surface area contributed by atoms with Crippen molar-refractivity contribution in [1.29, 1.82) is 0 Å². The Hall–Kier alpha value is -1.57. The van der Waals surface area contributed by atoms with E-state index in [4.69, 9.17) is 4.74 Å². The molecule has 0 fully saturated rings. The average Bonchev–Trinajstić information content (AvgIpc) is 2.49. The first-order valence-corrected chi connectivity index (χ1v) is 7.63. The van der Waals surface area contributed by atoms with Gasteiger partial charge in [-0.25, -0.2) is 0 Å². The Kier molecular flexibility index (Phi) is 9.29. The van der Waals surface area contributed by atoms with Crippen LogP contribution >= 0.6 is 0 Å². The Morgan fingerprint density at radius 3 is 2.35 bits per heavy atom. The van der Waals surface area contributed by atoms with Crippen molar-refractivity contribution in [2.24, 2.45) is 0 Å². The lowest BCUT2D eigenvalue weighted by atomic mass is 10.1. The summed E-state index contributed by atoms with van der Waals surface area (Å²) in [6.07, 6.45) is 10.7. The third-order valence-electron chi connectivity index (χ3n) is 3.28. The fraction of sp³-hybridized carbons (Fsp3) is 0.500. The number of ether oxygens (including phenoxy) is 1. The van der Waals surface area contributed by atoms with Crippen LogP contribution in [0.4, 0.5) is 0 Å². The monoisotopic (exact) mass is 274 g/mol. The molecule has 0 radical (unpaired) electrons. The minimum atomic E-state index is -0.0829. The van der Waals surface area contributed by atoms with Gasteiger partial charge in [-0.1, -0.05) is 62.1 Å². The Morgan fingerprint density at radius 2 is 1.65 bits per heavy atom. The third-order valence-corrected chi connectivity index (χ3v) is 3.28. The summed E-state index contributed by atoms with van der Waals surface area (Å²) in [5, 5.41) is 0. The number of hydrogen-bond acceptors (Lipinski definition) is 2. The van der Waals surface area contributed by atoms with Crippen LogP contribution in [0.3, 0.4) is 0 Å². The molecule has 1 aromatic rings. The number of unbranched alkanes of at least 4 members (excludes halogenated alkanes) is 6. The average molecular weight is 274 g/mol. The molecule has 0 bridgehead atoms. The van der Waals surface area contributed by atoms with E-state index in [9.17, 15) is 4.79 Å². The van der Waals surface area contributed by atoms with Crippen LogP contribution in [-0.4, -0.2) is 5.97 Å². The van der Waals surface area contributed by atoms with Gasteiger partial charge in [0, 0.05) is 6.42 Å². The van der Waals surface area contributed by atoms with Gasteiger partial charge in [-0.05, 0) is 24.8 Å². The Morgan fingerprint density at radius 1 is 1.00 bits per heavy atom. The number of rotatable bonds is 11. The van der Waals surface area contributed by atoms with Crippen molar-refractivity contribution in [3.63, 3.8) is 0 Å². The fourth-order valence-corrected chi connectivity index (χ4v) is 2.08. The molecule has 110 valence electrons. The van der Waals surface area contributed by atoms with E-state index in [1.165, 1.54) is 25.7 Å². The molecule has 2 nitrogen and oxygen atoms in total. The maximum atomic E-state index is 11.6. The first-order valence-electron chi connectivity index (χ1n) is 7.63. The van der Waals surface area contributed by atoms with Gasteiger partial charge in [-0.2, -0.15) is 0 Å². The number of carbonyl (C=O) groups excluding carboxylic acids is 1. The second-order valence-corrected chi connectivity index (χ2v) is 5.09. The highest BCUT2D eigenvalue weighted by atomic mass is 16.5. The normalized spacial score (nSPS) is 10.2. The minimum Gasteiger partial charge on any atom is -0.461 e. The molecule has 0 saturated heterocycles. The van der Waals surface area contributed by atoms with E-state index >= 15 is 0 Å². The van der Waals surface area contributed by atoms with E-state index in [1.54, 1.807) is 0 Å². The zero-order chi connectivity index (χ0) is 14.5. The molecule has 20 heavy (non-hydrogen) atoms. The van der Waals surface area contributed by atoms with E-state index in [0.717, 1.165) is 24.8 Å². The molecule has 1 rings (SSSR count). The number of benzene rings is 1. The van der Waals surface area contributed by atoms with Gasteiger partial charge >= 0.3 is 5.97 Å². The van der Waals surface area contributed by atoms with E-state index in [0.29, 0.717) is 13.0 Å². The van der Waals surface area contributed by atoms with Crippen LogP contribution in [-0.2, 0) is 16.1 Å². The Balaban J connectivity index is 1.94. The zero-order valence-electron chi connectivity index (χ0n) is 12.4. The van der Waals surface area contributed by atoms with Crippen molar-refractivity contribution >= 4 is 5.97 Å². The molecule has 0 N–H and O–H groups in total. The van der Waals surface area contributed by atoms with Gasteiger partial charge in [0.05, 0.1) is 0 Å². The summed E-state index contributed by atoms with van der Waals surface area (Å²) < 4.78 is 5.24. The number of hydrogen-bond donors (Lipinski definition) is 0. The van der Waals surface area contributed by atoms with Crippen LogP contribution in [0.15, 0.2) is 43.0 Å². The summed E-state index contributed by atoms with van der Waals surface area (Å²) in [4.78, 5) is 11.6. The second-order valence-electron chi connectivity index (χ2n) is 5.09. The Bertz CT molecular complexity index is 370. The lowest BCUT2D eigenvalue weighted by molar-refractivity contribution is -0.145. The minimum absolute atomic E-state index is 0.0829. The van der Waals surface area contributed by atoms with Crippen LogP contribution in [0, 0.1) is 0 Å². The molecule has 0 spiro atoms. The summed E-state index contributed by atoms with van der Waals surface area (Å²) in [6.45, 7) is 4.11. The molecule has 0 amide bonds. The smallest absolute Gasteiger partial charge is 0.306 e. The van der Waals surface area contributed by atoms with Crippen LogP contribution in [0.25, 0.3) is 0 Å². The lowest BCUT2D eigenvalue weighted by Gasteiger charge is -2.05. The van der Waals surface area contributed by atoms with Crippen molar-refractivity contribution in [2.45, 2.75) is 58.0 Å². The summed E-state index contributed by atoms with van der Waals surface area (Å²) >= 11 is 0. The van der Waals surface area contributed by atoms with Crippen molar-refractivity contribution in [3.05, 3.63) is 48.6 Å². The van der Waals surface area contributed by atoms with Gasteiger partial charge < -0.3 is 4.74 Å². The van der Waals surface area contributed by atoms with Crippen LogP contribution < -0.4 is 0 Å². The summed E-state index contributed by atoms with van der Waals surface area (Å²) in [7, 11) is 0. The molecule has 0 aliphatic rings. The Labute approximate surface area is 122 Å². The van der Waals surface area contributed by atoms with Gasteiger partial charge in [0.1, 0.15) is 6.61 Å². The van der Waals surface area contributed by atoms with Crippen molar-refractivity contribution < 1.29 is 9.53 Å². The predicted octanol–water partition coefficient (Wildman–Crippen LogP) is 5.04. The van der Waals surface area contributed by atoms with Crippen LogP contribution in [0.2, 0.25) is 0 Å². The molecule has 0 unspecified atom stereocenters. The standard InChI is InChI=1S/C18H26O2/c1-2-3-4-5-6-7-8-12-15-18(19)20-16-17-13-10-9-11-14-17/h2,9-11,13-14H,1,3-8,12,15-16H2. The molecule has 0 aliphatic carbocycles. The molecule has 1 aromatic carbocycles. The predicted molar refractivity (Wildman–Crippen MR) is 83.4 cm³/mol. The van der Waals surface area contributed by atoms with Crippen molar-refractivity contribution in [1.82, 2.24) is 0 Å². The number of allylic oxidation sites excluding steroid dienone is 1. The quantitative estimate of drug-likeness (QED) is 0.321. The first kappa shape index (κ1) is 16.5. The lowest BCUT2D eigenvalue weighted by Crippen LogP contribution is -2.04. The van der Waals surface area contributed by atoms with Gasteiger partial charge in [0.25, 0.3) is 0 Å². The molecule has 2 heteroatoms. The van der Waals surface area contributed by atoms with Crippen LogP contribution in [0.5, 0.6) is 0 Å². The highest BCUT2D eigenvalue weighted by molar-refractivity contribution is 5.69. The number of carbonyl (C=O) groups is 1. The highest BCUT2D eigenvalue weighted by Crippen LogP contribution is 2.10. The second kappa shape index (κ2) is 11.3. The largest absolute Gasteiger partial charge is 0.461 e. The maximum Gasteiger partial charge on any atom is 0.306 e. The van der Waals surface area contributed by atoms with E-state index in [2.05, 4.69) is 6.58 Å². The third kappa shape index (κ3) is 8.52. The van der Waals surface area contributed by atoms with Crippen molar-refractivity contribution in [3.8, 4) is 0 Å². The molecular weight excluding hydrogens is 248 g/mol. The van der Waals surface area contributed by atoms with E-state index in [-0.39, 0.29) is 5.97 Å². The first-order chi connectivity index (χ1) is 9.83. The van der Waals surface area contributed by atoms with Gasteiger partial charge in [-0.15, -0.1) is 6.58 Å². The van der Waals surface area contributed by atoms with Gasteiger partial charge in [0.15, 0.2) is 0 Å². The summed E-state index contributed by atoms with van der Waals surface area (Å²) in [5.41, 5.74) is 1.04. The highest BCUT2D eigenvalue weighted by Gasteiger charge is 2.02.